The Hall–Kier alpha value is -1.07. The van der Waals surface area contributed by atoms with Gasteiger partial charge in [-0.2, -0.15) is 0 Å². The third-order valence-electron chi connectivity index (χ3n) is 2.07. The van der Waals surface area contributed by atoms with Gasteiger partial charge in [0.25, 0.3) is 0 Å². The number of thioether (sulfide) groups is 1. The molecule has 0 aromatic carbocycles. The van der Waals surface area contributed by atoms with Crippen molar-refractivity contribution in [3.8, 4) is 0 Å². The topological polar surface area (TPSA) is 59.4 Å². The number of methoxy groups -OCH3 is 1. The summed E-state index contributed by atoms with van der Waals surface area (Å²) in [5.41, 5.74) is 0.657. The molecule has 1 aromatic rings. The van der Waals surface area contributed by atoms with E-state index in [1.807, 2.05) is 13.0 Å². The van der Waals surface area contributed by atoms with E-state index in [0.29, 0.717) is 12.1 Å². The highest BCUT2D eigenvalue weighted by atomic mass is 32.2. The van der Waals surface area contributed by atoms with Gasteiger partial charge in [0.15, 0.2) is 0 Å². The summed E-state index contributed by atoms with van der Waals surface area (Å²) in [5, 5.41) is 9.53. The zero-order valence-electron chi connectivity index (χ0n) is 9.34. The zero-order valence-corrected chi connectivity index (χ0v) is 10.2. The lowest BCUT2D eigenvalue weighted by Gasteiger charge is -2.07. The van der Waals surface area contributed by atoms with Crippen LogP contribution in [0, 0.1) is 0 Å². The predicted octanol–water partition coefficient (Wildman–Crippen LogP) is 1.79. The van der Waals surface area contributed by atoms with Crippen molar-refractivity contribution in [2.75, 3.05) is 12.9 Å². The summed E-state index contributed by atoms with van der Waals surface area (Å²) < 4.78 is 4.53. The molecule has 0 aliphatic carbocycles. The number of aromatic nitrogens is 1. The Bertz CT molecular complexity index is 340. The van der Waals surface area contributed by atoms with Crippen molar-refractivity contribution in [2.24, 2.45) is 0 Å². The molecule has 0 saturated carbocycles. The number of hydrogen-bond donors (Lipinski definition) is 1. The summed E-state index contributed by atoms with van der Waals surface area (Å²) in [6.07, 6.45) is 1.78. The van der Waals surface area contributed by atoms with Crippen molar-refractivity contribution in [3.05, 3.63) is 24.0 Å². The lowest BCUT2D eigenvalue weighted by molar-refractivity contribution is -0.137. The number of carbonyl (C=O) groups is 1. The zero-order chi connectivity index (χ0) is 12.0. The van der Waals surface area contributed by atoms with Crippen molar-refractivity contribution in [3.63, 3.8) is 0 Å². The molecular formula is C11H15NO3S. The van der Waals surface area contributed by atoms with Crippen molar-refractivity contribution >= 4 is 17.7 Å². The van der Waals surface area contributed by atoms with Gasteiger partial charge >= 0.3 is 5.97 Å². The van der Waals surface area contributed by atoms with E-state index < -0.39 is 6.10 Å². The second kappa shape index (κ2) is 6.50. The van der Waals surface area contributed by atoms with Crippen LogP contribution < -0.4 is 0 Å². The van der Waals surface area contributed by atoms with Gasteiger partial charge in [-0.05, 0) is 18.6 Å². The van der Waals surface area contributed by atoms with E-state index in [9.17, 15) is 9.90 Å². The summed E-state index contributed by atoms with van der Waals surface area (Å²) in [6.45, 7) is 1.90. The van der Waals surface area contributed by atoms with Gasteiger partial charge < -0.3 is 9.84 Å². The molecule has 4 nitrogen and oxygen atoms in total. The average Bonchev–Trinajstić information content (AvgIpc) is 2.35. The van der Waals surface area contributed by atoms with Gasteiger partial charge in [0.1, 0.15) is 0 Å². The molecule has 0 aliphatic rings. The number of hydrogen-bond acceptors (Lipinski definition) is 5. The van der Waals surface area contributed by atoms with Crippen LogP contribution in [0.4, 0.5) is 0 Å². The molecule has 0 bridgehead atoms. The van der Waals surface area contributed by atoms with Crippen LogP contribution in [0.3, 0.4) is 0 Å². The maximum absolute atomic E-state index is 10.9. The first-order chi connectivity index (χ1) is 7.67. The maximum Gasteiger partial charge on any atom is 0.315 e. The minimum Gasteiger partial charge on any atom is -0.468 e. The van der Waals surface area contributed by atoms with Crippen molar-refractivity contribution in [1.29, 1.82) is 0 Å². The molecule has 16 heavy (non-hydrogen) atoms. The van der Waals surface area contributed by atoms with Crippen LogP contribution >= 0.6 is 11.8 Å². The van der Waals surface area contributed by atoms with E-state index in [4.69, 9.17) is 0 Å². The molecule has 0 fully saturated rings. The maximum atomic E-state index is 10.9. The summed E-state index contributed by atoms with van der Waals surface area (Å²) in [6, 6.07) is 3.61. The highest BCUT2D eigenvalue weighted by Crippen LogP contribution is 2.20. The third-order valence-corrected chi connectivity index (χ3v) is 3.03. The van der Waals surface area contributed by atoms with E-state index in [1.54, 1.807) is 12.3 Å². The van der Waals surface area contributed by atoms with Crippen LogP contribution in [0.5, 0.6) is 0 Å². The average molecular weight is 241 g/mol. The first kappa shape index (κ1) is 13.0. The highest BCUT2D eigenvalue weighted by Gasteiger charge is 2.07. The summed E-state index contributed by atoms with van der Waals surface area (Å²) >= 11 is 1.36. The van der Waals surface area contributed by atoms with Gasteiger partial charge in [0.2, 0.25) is 0 Å². The molecule has 0 saturated heterocycles. The Morgan fingerprint density at radius 3 is 2.88 bits per heavy atom. The van der Waals surface area contributed by atoms with Crippen LogP contribution in [0.1, 0.15) is 25.1 Å². The molecule has 0 unspecified atom stereocenters. The fraction of sp³-hybridized carbons (Fsp3) is 0.455. The second-order valence-electron chi connectivity index (χ2n) is 3.21. The van der Waals surface area contributed by atoms with Crippen molar-refractivity contribution < 1.29 is 14.6 Å². The molecule has 1 heterocycles. The minimum absolute atomic E-state index is 0.261. The molecule has 0 radical (unpaired) electrons. The van der Waals surface area contributed by atoms with Crippen molar-refractivity contribution in [1.82, 2.24) is 4.98 Å². The van der Waals surface area contributed by atoms with Gasteiger partial charge in [-0.3, -0.25) is 9.78 Å². The smallest absolute Gasteiger partial charge is 0.315 e. The van der Waals surface area contributed by atoms with Gasteiger partial charge in [-0.15, -0.1) is 11.8 Å². The lowest BCUT2D eigenvalue weighted by atomic mass is 10.2. The minimum atomic E-state index is -0.514. The number of esters is 1. The number of nitrogens with zero attached hydrogens (tertiary/aromatic N) is 1. The molecule has 1 N–H and O–H groups in total. The van der Waals surface area contributed by atoms with E-state index in [1.165, 1.54) is 18.9 Å². The van der Waals surface area contributed by atoms with E-state index in [2.05, 4.69) is 9.72 Å². The third kappa shape index (κ3) is 3.83. The number of aliphatic hydroxyl groups excluding tert-OH is 1. The molecule has 0 spiro atoms. The Morgan fingerprint density at radius 2 is 2.38 bits per heavy atom. The number of pyridine rings is 1. The molecule has 88 valence electrons. The molecule has 5 heteroatoms. The molecule has 0 amide bonds. The monoisotopic (exact) mass is 241 g/mol. The Balaban J connectivity index is 2.54. The van der Waals surface area contributed by atoms with Crippen LogP contribution in [0.2, 0.25) is 0 Å². The molecule has 1 atom stereocenters. The van der Waals surface area contributed by atoms with E-state index in [-0.39, 0.29) is 11.7 Å². The first-order valence-electron chi connectivity index (χ1n) is 5.01. The van der Waals surface area contributed by atoms with Crippen LogP contribution in [0.25, 0.3) is 0 Å². The summed E-state index contributed by atoms with van der Waals surface area (Å²) in [5.74, 6) is 0.0103. The highest BCUT2D eigenvalue weighted by molar-refractivity contribution is 8.00. The van der Waals surface area contributed by atoms with Gasteiger partial charge in [-0.25, -0.2) is 0 Å². The summed E-state index contributed by atoms with van der Waals surface area (Å²) in [7, 11) is 1.36. The van der Waals surface area contributed by atoms with Gasteiger partial charge in [0.05, 0.1) is 24.7 Å². The number of carbonyl (C=O) groups excluding carboxylic acids is 1. The molecule has 0 aliphatic heterocycles. The SMILES string of the molecule is CC[C@H](O)c1ccc(SCC(=O)OC)cn1. The van der Waals surface area contributed by atoms with E-state index in [0.717, 1.165) is 4.90 Å². The number of aliphatic hydroxyl groups is 1. The van der Waals surface area contributed by atoms with Crippen LogP contribution in [-0.2, 0) is 9.53 Å². The van der Waals surface area contributed by atoms with Crippen LogP contribution in [0.15, 0.2) is 23.2 Å². The lowest BCUT2D eigenvalue weighted by Crippen LogP contribution is -2.03. The van der Waals surface area contributed by atoms with Gasteiger partial charge in [0, 0.05) is 11.1 Å². The molecule has 1 aromatic heterocycles. The predicted molar refractivity (Wildman–Crippen MR) is 62.2 cm³/mol. The quantitative estimate of drug-likeness (QED) is 0.629. The molecule has 1 rings (SSSR count). The first-order valence-corrected chi connectivity index (χ1v) is 5.99. The van der Waals surface area contributed by atoms with Gasteiger partial charge in [-0.1, -0.05) is 6.92 Å². The fourth-order valence-corrected chi connectivity index (χ4v) is 1.78. The Kier molecular flexibility index (Phi) is 5.28. The second-order valence-corrected chi connectivity index (χ2v) is 4.26. The largest absolute Gasteiger partial charge is 0.468 e. The standard InChI is InChI=1S/C11H15NO3S/c1-3-10(13)9-5-4-8(6-12-9)16-7-11(14)15-2/h4-6,10,13H,3,7H2,1-2H3/t10-/m0/s1. The Labute approximate surface area is 99.0 Å². The molecular weight excluding hydrogens is 226 g/mol. The fourth-order valence-electron chi connectivity index (χ4n) is 1.08. The summed E-state index contributed by atoms with van der Waals surface area (Å²) in [4.78, 5) is 15.9. The number of ether oxygens (including phenoxy) is 1. The van der Waals surface area contributed by atoms with Crippen molar-refractivity contribution in [2.45, 2.75) is 24.3 Å². The normalized spacial score (nSPS) is 12.2. The van der Waals surface area contributed by atoms with Crippen LogP contribution in [-0.4, -0.2) is 28.9 Å². The number of rotatable bonds is 5. The van der Waals surface area contributed by atoms with E-state index >= 15 is 0 Å². The Morgan fingerprint density at radius 1 is 1.62 bits per heavy atom.